The van der Waals surface area contributed by atoms with Crippen LogP contribution in [0.25, 0.3) is 5.57 Å². The summed E-state index contributed by atoms with van der Waals surface area (Å²) >= 11 is 0. The minimum Gasteiger partial charge on any atom is -0.494 e. The van der Waals surface area contributed by atoms with Crippen LogP contribution in [0.2, 0.25) is 0 Å². The normalized spacial score (nSPS) is 17.1. The molecule has 2 amide bonds. The summed E-state index contributed by atoms with van der Waals surface area (Å²) in [4.78, 5) is 30.1. The zero-order valence-electron chi connectivity index (χ0n) is 16.3. The first-order chi connectivity index (χ1) is 13.6. The van der Waals surface area contributed by atoms with Gasteiger partial charge in [0.25, 0.3) is 11.8 Å². The highest BCUT2D eigenvalue weighted by atomic mass is 16.5. The average molecular weight is 376 g/mol. The van der Waals surface area contributed by atoms with Gasteiger partial charge in [0.15, 0.2) is 0 Å². The minimum atomic E-state index is -0.264. The first-order valence-electron chi connectivity index (χ1n) is 9.78. The quantitative estimate of drug-likeness (QED) is 0.746. The third-order valence-electron chi connectivity index (χ3n) is 5.23. The lowest BCUT2D eigenvalue weighted by Gasteiger charge is -2.20. The van der Waals surface area contributed by atoms with E-state index in [1.54, 1.807) is 0 Å². The van der Waals surface area contributed by atoms with Crippen LogP contribution in [-0.4, -0.2) is 36.4 Å². The summed E-state index contributed by atoms with van der Waals surface area (Å²) in [5, 5.41) is 0. The summed E-state index contributed by atoms with van der Waals surface area (Å²) < 4.78 is 5.51. The maximum Gasteiger partial charge on any atom is 0.282 e. The second-order valence-corrected chi connectivity index (χ2v) is 7.16. The number of amides is 2. The van der Waals surface area contributed by atoms with E-state index in [-0.39, 0.29) is 11.8 Å². The van der Waals surface area contributed by atoms with Crippen molar-refractivity contribution in [2.75, 3.05) is 24.6 Å². The lowest BCUT2D eigenvalue weighted by atomic mass is 10.0. The number of carbonyl (C=O) groups is 2. The fourth-order valence-electron chi connectivity index (χ4n) is 3.83. The Balaban J connectivity index is 1.77. The van der Waals surface area contributed by atoms with E-state index in [2.05, 4.69) is 4.90 Å². The Labute approximate surface area is 165 Å². The molecule has 5 nitrogen and oxygen atoms in total. The van der Waals surface area contributed by atoms with Gasteiger partial charge in [0.05, 0.1) is 17.9 Å². The van der Waals surface area contributed by atoms with Gasteiger partial charge in [-0.3, -0.25) is 9.59 Å². The van der Waals surface area contributed by atoms with Gasteiger partial charge in [-0.05, 0) is 56.5 Å². The predicted molar refractivity (Wildman–Crippen MR) is 109 cm³/mol. The molecule has 0 aromatic heterocycles. The van der Waals surface area contributed by atoms with Crippen LogP contribution < -0.4 is 9.64 Å². The topological polar surface area (TPSA) is 49.9 Å². The molecule has 1 fully saturated rings. The Hall–Kier alpha value is -3.08. The summed E-state index contributed by atoms with van der Waals surface area (Å²) in [7, 11) is 0. The summed E-state index contributed by atoms with van der Waals surface area (Å²) in [5.41, 5.74) is 3.45. The van der Waals surface area contributed by atoms with Crippen molar-refractivity contribution in [3.8, 4) is 5.75 Å². The SMILES string of the molecule is CCOc1ccc(C2=C(N3CCCC3)C(=O)N(c3ccc(C)cc3)C2=O)cc1. The monoisotopic (exact) mass is 376 g/mol. The average Bonchev–Trinajstić information content (AvgIpc) is 3.30. The molecule has 0 N–H and O–H groups in total. The van der Waals surface area contributed by atoms with Crippen molar-refractivity contribution in [3.63, 3.8) is 0 Å². The molecule has 2 aliphatic rings. The molecule has 1 saturated heterocycles. The molecule has 4 rings (SSSR count). The van der Waals surface area contributed by atoms with Crippen molar-refractivity contribution in [2.45, 2.75) is 26.7 Å². The van der Waals surface area contributed by atoms with Crippen LogP contribution in [0.15, 0.2) is 54.2 Å². The minimum absolute atomic E-state index is 0.236. The van der Waals surface area contributed by atoms with Crippen LogP contribution in [0, 0.1) is 6.92 Å². The van der Waals surface area contributed by atoms with Crippen molar-refractivity contribution in [2.24, 2.45) is 0 Å². The highest BCUT2D eigenvalue weighted by Gasteiger charge is 2.42. The Morgan fingerprint density at radius 3 is 2.14 bits per heavy atom. The molecule has 2 aliphatic heterocycles. The second kappa shape index (κ2) is 7.50. The van der Waals surface area contributed by atoms with Crippen LogP contribution in [0.5, 0.6) is 5.75 Å². The van der Waals surface area contributed by atoms with E-state index in [1.807, 2.05) is 62.4 Å². The van der Waals surface area contributed by atoms with Crippen molar-refractivity contribution >= 4 is 23.1 Å². The lowest BCUT2D eigenvalue weighted by Crippen LogP contribution is -2.34. The van der Waals surface area contributed by atoms with E-state index in [0.717, 1.165) is 42.8 Å². The van der Waals surface area contributed by atoms with Crippen LogP contribution in [0.1, 0.15) is 30.9 Å². The number of rotatable bonds is 5. The van der Waals surface area contributed by atoms with Crippen LogP contribution in [0.4, 0.5) is 5.69 Å². The fourth-order valence-corrected chi connectivity index (χ4v) is 3.83. The lowest BCUT2D eigenvalue weighted by molar-refractivity contribution is -0.120. The summed E-state index contributed by atoms with van der Waals surface area (Å²) in [6, 6.07) is 14.9. The van der Waals surface area contributed by atoms with E-state index in [9.17, 15) is 9.59 Å². The Morgan fingerprint density at radius 1 is 0.893 bits per heavy atom. The third-order valence-corrected chi connectivity index (χ3v) is 5.23. The van der Waals surface area contributed by atoms with Gasteiger partial charge < -0.3 is 9.64 Å². The molecule has 0 saturated carbocycles. The zero-order chi connectivity index (χ0) is 19.7. The van der Waals surface area contributed by atoms with E-state index < -0.39 is 0 Å². The third kappa shape index (κ3) is 3.17. The Bertz CT molecular complexity index is 923. The number of aryl methyl sites for hydroxylation is 1. The maximum absolute atomic E-state index is 13.4. The molecule has 0 radical (unpaired) electrons. The number of benzene rings is 2. The highest BCUT2D eigenvalue weighted by Crippen LogP contribution is 2.36. The number of nitrogens with zero attached hydrogens (tertiary/aromatic N) is 2. The van der Waals surface area contributed by atoms with E-state index >= 15 is 0 Å². The number of hydrogen-bond acceptors (Lipinski definition) is 4. The largest absolute Gasteiger partial charge is 0.494 e. The number of carbonyl (C=O) groups excluding carboxylic acids is 2. The van der Waals surface area contributed by atoms with Crippen molar-refractivity contribution in [3.05, 3.63) is 65.4 Å². The van der Waals surface area contributed by atoms with E-state index in [1.165, 1.54) is 4.90 Å². The van der Waals surface area contributed by atoms with E-state index in [4.69, 9.17) is 4.74 Å². The molecule has 0 unspecified atom stereocenters. The Morgan fingerprint density at radius 2 is 1.54 bits per heavy atom. The standard InChI is InChI=1S/C23H24N2O3/c1-3-28-19-12-8-17(9-13-19)20-21(24-14-4-5-15-24)23(27)25(22(20)26)18-10-6-16(2)7-11-18/h6-13H,3-5,14-15H2,1-2H3. The molecule has 0 spiro atoms. The molecule has 2 aromatic carbocycles. The molecule has 0 aliphatic carbocycles. The Kier molecular flexibility index (Phi) is 4.90. The zero-order valence-corrected chi connectivity index (χ0v) is 16.3. The molecule has 5 heteroatoms. The first kappa shape index (κ1) is 18.3. The number of hydrogen-bond donors (Lipinski definition) is 0. The van der Waals surface area contributed by atoms with Crippen molar-refractivity contribution < 1.29 is 14.3 Å². The van der Waals surface area contributed by atoms with Gasteiger partial charge >= 0.3 is 0 Å². The first-order valence-corrected chi connectivity index (χ1v) is 9.78. The highest BCUT2D eigenvalue weighted by molar-refractivity contribution is 6.45. The second-order valence-electron chi connectivity index (χ2n) is 7.16. The number of ether oxygens (including phenoxy) is 1. The van der Waals surface area contributed by atoms with Crippen LogP contribution in [0.3, 0.4) is 0 Å². The molecule has 0 atom stereocenters. The summed E-state index contributed by atoms with van der Waals surface area (Å²) in [6.07, 6.45) is 2.07. The van der Waals surface area contributed by atoms with Crippen molar-refractivity contribution in [1.82, 2.24) is 4.90 Å². The number of likely N-dealkylation sites (tertiary alicyclic amines) is 1. The van der Waals surface area contributed by atoms with Gasteiger partial charge in [-0.1, -0.05) is 29.8 Å². The molecule has 144 valence electrons. The molecule has 28 heavy (non-hydrogen) atoms. The van der Waals surface area contributed by atoms with Gasteiger partial charge in [0.2, 0.25) is 0 Å². The van der Waals surface area contributed by atoms with Crippen molar-refractivity contribution in [1.29, 1.82) is 0 Å². The van der Waals surface area contributed by atoms with Crippen LogP contribution in [-0.2, 0) is 9.59 Å². The van der Waals surface area contributed by atoms with Gasteiger partial charge in [-0.15, -0.1) is 0 Å². The van der Waals surface area contributed by atoms with Gasteiger partial charge in [0.1, 0.15) is 11.4 Å². The molecule has 0 bridgehead atoms. The van der Waals surface area contributed by atoms with Gasteiger partial charge in [-0.25, -0.2) is 4.90 Å². The molecule has 2 aromatic rings. The molecule has 2 heterocycles. The van der Waals surface area contributed by atoms with Gasteiger partial charge in [0, 0.05) is 13.1 Å². The maximum atomic E-state index is 13.4. The van der Waals surface area contributed by atoms with E-state index in [0.29, 0.717) is 23.6 Å². The summed E-state index contributed by atoms with van der Waals surface area (Å²) in [6.45, 7) is 6.10. The number of imide groups is 1. The summed E-state index contributed by atoms with van der Waals surface area (Å²) in [5.74, 6) is 0.251. The van der Waals surface area contributed by atoms with Crippen LogP contribution >= 0.6 is 0 Å². The fraction of sp³-hybridized carbons (Fsp3) is 0.304. The molecular weight excluding hydrogens is 352 g/mol. The smallest absolute Gasteiger partial charge is 0.282 e. The van der Waals surface area contributed by atoms with Gasteiger partial charge in [-0.2, -0.15) is 0 Å². The number of anilines is 1. The molecular formula is C23H24N2O3. The predicted octanol–water partition coefficient (Wildman–Crippen LogP) is 3.77.